The van der Waals surface area contributed by atoms with E-state index in [0.717, 1.165) is 5.01 Å². The van der Waals surface area contributed by atoms with E-state index in [2.05, 4.69) is 17.2 Å². The van der Waals surface area contributed by atoms with E-state index in [-0.39, 0.29) is 16.5 Å². The van der Waals surface area contributed by atoms with Crippen LogP contribution in [-0.4, -0.2) is 16.5 Å². The maximum absolute atomic E-state index is 13.7. The molecule has 1 aromatic heterocycles. The SMILES string of the molecule is CC(CNc1ccc(C(N)=S)c(F)c1)c1nccs1. The molecule has 2 rings (SSSR count). The Labute approximate surface area is 120 Å². The molecular weight excluding hydrogens is 281 g/mol. The third-order valence-electron chi connectivity index (χ3n) is 2.72. The number of rotatable bonds is 5. The number of thiazole rings is 1. The van der Waals surface area contributed by atoms with Crippen LogP contribution in [0.1, 0.15) is 23.4 Å². The Kier molecular flexibility index (Phi) is 4.44. The summed E-state index contributed by atoms with van der Waals surface area (Å²) in [5, 5.41) is 6.19. The number of nitrogens with two attached hydrogens (primary N) is 1. The number of aromatic nitrogens is 1. The van der Waals surface area contributed by atoms with Gasteiger partial charge in [0.25, 0.3) is 0 Å². The molecule has 0 bridgehead atoms. The average molecular weight is 295 g/mol. The third kappa shape index (κ3) is 3.48. The highest BCUT2D eigenvalue weighted by Crippen LogP contribution is 2.20. The van der Waals surface area contributed by atoms with Gasteiger partial charge in [-0.25, -0.2) is 9.37 Å². The first-order valence-electron chi connectivity index (χ1n) is 5.80. The fraction of sp³-hybridized carbons (Fsp3) is 0.231. The normalized spacial score (nSPS) is 12.1. The summed E-state index contributed by atoms with van der Waals surface area (Å²) >= 11 is 6.38. The third-order valence-corrected chi connectivity index (χ3v) is 3.95. The topological polar surface area (TPSA) is 50.9 Å². The van der Waals surface area contributed by atoms with Crippen LogP contribution in [0.2, 0.25) is 0 Å². The molecule has 1 heterocycles. The number of nitrogens with one attached hydrogen (secondary N) is 1. The van der Waals surface area contributed by atoms with Crippen molar-refractivity contribution in [2.24, 2.45) is 5.73 Å². The van der Waals surface area contributed by atoms with Crippen molar-refractivity contribution >= 4 is 34.2 Å². The highest BCUT2D eigenvalue weighted by Gasteiger charge is 2.09. The molecule has 6 heteroatoms. The molecule has 0 saturated heterocycles. The first kappa shape index (κ1) is 13.9. The standard InChI is InChI=1S/C13H14FN3S2/c1-8(13-16-4-5-19-13)7-17-9-2-3-10(12(15)18)11(14)6-9/h2-6,8,17H,7H2,1H3,(H2,15,18). The van der Waals surface area contributed by atoms with Gasteiger partial charge in [-0.1, -0.05) is 19.1 Å². The van der Waals surface area contributed by atoms with Gasteiger partial charge in [-0.15, -0.1) is 11.3 Å². The van der Waals surface area contributed by atoms with E-state index in [1.807, 2.05) is 5.38 Å². The molecule has 1 aromatic carbocycles. The fourth-order valence-electron chi connectivity index (χ4n) is 1.66. The molecular formula is C13H14FN3S2. The first-order chi connectivity index (χ1) is 9.08. The Balaban J connectivity index is 2.00. The highest BCUT2D eigenvalue weighted by molar-refractivity contribution is 7.80. The van der Waals surface area contributed by atoms with E-state index in [9.17, 15) is 4.39 Å². The van der Waals surface area contributed by atoms with E-state index >= 15 is 0 Å². The van der Waals surface area contributed by atoms with Crippen LogP contribution in [0.5, 0.6) is 0 Å². The molecule has 3 nitrogen and oxygen atoms in total. The smallest absolute Gasteiger partial charge is 0.135 e. The highest BCUT2D eigenvalue weighted by atomic mass is 32.1. The lowest BCUT2D eigenvalue weighted by Gasteiger charge is -2.12. The number of benzene rings is 1. The molecule has 19 heavy (non-hydrogen) atoms. The van der Waals surface area contributed by atoms with Crippen LogP contribution >= 0.6 is 23.6 Å². The zero-order valence-electron chi connectivity index (χ0n) is 10.4. The minimum absolute atomic E-state index is 0.0696. The number of anilines is 1. The number of hydrogen-bond donors (Lipinski definition) is 2. The zero-order valence-corrected chi connectivity index (χ0v) is 12.0. The minimum Gasteiger partial charge on any atom is -0.389 e. The summed E-state index contributed by atoms with van der Waals surface area (Å²) in [5.41, 5.74) is 6.40. The Morgan fingerprint density at radius 3 is 2.95 bits per heavy atom. The van der Waals surface area contributed by atoms with Crippen molar-refractivity contribution < 1.29 is 4.39 Å². The van der Waals surface area contributed by atoms with Crippen molar-refractivity contribution in [3.8, 4) is 0 Å². The monoisotopic (exact) mass is 295 g/mol. The van der Waals surface area contributed by atoms with Gasteiger partial charge in [0.2, 0.25) is 0 Å². The molecule has 100 valence electrons. The molecule has 0 spiro atoms. The summed E-state index contributed by atoms with van der Waals surface area (Å²) < 4.78 is 13.7. The second kappa shape index (κ2) is 6.08. The number of hydrogen-bond acceptors (Lipinski definition) is 4. The van der Waals surface area contributed by atoms with E-state index < -0.39 is 5.82 Å². The van der Waals surface area contributed by atoms with Crippen LogP contribution < -0.4 is 11.1 Å². The van der Waals surface area contributed by atoms with Crippen LogP contribution in [0.25, 0.3) is 0 Å². The van der Waals surface area contributed by atoms with E-state index in [1.54, 1.807) is 29.7 Å². The van der Waals surface area contributed by atoms with Crippen molar-refractivity contribution in [3.05, 3.63) is 46.2 Å². The van der Waals surface area contributed by atoms with E-state index in [4.69, 9.17) is 18.0 Å². The lowest BCUT2D eigenvalue weighted by molar-refractivity contribution is 0.625. The molecule has 2 aromatic rings. The molecule has 0 amide bonds. The number of halogens is 1. The van der Waals surface area contributed by atoms with Gasteiger partial charge in [0.05, 0.1) is 5.01 Å². The van der Waals surface area contributed by atoms with Crippen molar-refractivity contribution in [2.75, 3.05) is 11.9 Å². The zero-order chi connectivity index (χ0) is 13.8. The van der Waals surface area contributed by atoms with Gasteiger partial charge in [-0.05, 0) is 18.2 Å². The van der Waals surface area contributed by atoms with Crippen molar-refractivity contribution in [1.82, 2.24) is 4.98 Å². The van der Waals surface area contributed by atoms with Gasteiger partial charge in [-0.3, -0.25) is 0 Å². The van der Waals surface area contributed by atoms with Gasteiger partial charge in [-0.2, -0.15) is 0 Å². The molecule has 0 aliphatic heterocycles. The minimum atomic E-state index is -0.403. The summed E-state index contributed by atoms with van der Waals surface area (Å²) in [7, 11) is 0. The maximum atomic E-state index is 13.7. The molecule has 0 fully saturated rings. The van der Waals surface area contributed by atoms with Gasteiger partial charge in [0.1, 0.15) is 10.8 Å². The maximum Gasteiger partial charge on any atom is 0.135 e. The van der Waals surface area contributed by atoms with Crippen LogP contribution in [-0.2, 0) is 0 Å². The Morgan fingerprint density at radius 1 is 1.58 bits per heavy atom. The number of nitrogens with zero attached hydrogens (tertiary/aromatic N) is 1. The van der Waals surface area contributed by atoms with Gasteiger partial charge in [0.15, 0.2) is 0 Å². The van der Waals surface area contributed by atoms with Gasteiger partial charge >= 0.3 is 0 Å². The van der Waals surface area contributed by atoms with Crippen LogP contribution in [0.4, 0.5) is 10.1 Å². The number of thiocarbonyl (C=S) groups is 1. The van der Waals surface area contributed by atoms with Crippen LogP contribution in [0.3, 0.4) is 0 Å². The summed E-state index contributed by atoms with van der Waals surface area (Å²) in [6, 6.07) is 4.77. The van der Waals surface area contributed by atoms with E-state index in [0.29, 0.717) is 12.2 Å². The molecule has 0 aliphatic rings. The second-order valence-electron chi connectivity index (χ2n) is 4.21. The van der Waals surface area contributed by atoms with Crippen molar-refractivity contribution in [3.63, 3.8) is 0 Å². The average Bonchev–Trinajstić information content (AvgIpc) is 2.89. The Hall–Kier alpha value is -1.53. The predicted octanol–water partition coefficient (Wildman–Crippen LogP) is 3.13. The molecule has 1 atom stereocenters. The lowest BCUT2D eigenvalue weighted by Crippen LogP contribution is -2.13. The largest absolute Gasteiger partial charge is 0.389 e. The van der Waals surface area contributed by atoms with Gasteiger partial charge < -0.3 is 11.1 Å². The Morgan fingerprint density at radius 2 is 2.37 bits per heavy atom. The van der Waals surface area contributed by atoms with Crippen LogP contribution in [0, 0.1) is 5.82 Å². The molecule has 3 N–H and O–H groups in total. The molecule has 0 aliphatic carbocycles. The molecule has 0 radical (unpaired) electrons. The summed E-state index contributed by atoms with van der Waals surface area (Å²) in [6.45, 7) is 2.77. The van der Waals surface area contributed by atoms with E-state index in [1.165, 1.54) is 6.07 Å². The fourth-order valence-corrected chi connectivity index (χ4v) is 2.53. The summed E-state index contributed by atoms with van der Waals surface area (Å²) in [4.78, 5) is 4.32. The van der Waals surface area contributed by atoms with Gasteiger partial charge in [0, 0.05) is 35.3 Å². The quantitative estimate of drug-likeness (QED) is 0.832. The van der Waals surface area contributed by atoms with Crippen molar-refractivity contribution in [2.45, 2.75) is 12.8 Å². The molecule has 0 saturated carbocycles. The van der Waals surface area contributed by atoms with Crippen LogP contribution in [0.15, 0.2) is 29.8 Å². The first-order valence-corrected chi connectivity index (χ1v) is 7.09. The van der Waals surface area contributed by atoms with Crippen molar-refractivity contribution in [1.29, 1.82) is 0 Å². The second-order valence-corrected chi connectivity index (χ2v) is 5.58. The summed E-state index contributed by atoms with van der Waals surface area (Å²) in [5.74, 6) is -0.127. The summed E-state index contributed by atoms with van der Waals surface area (Å²) in [6.07, 6.45) is 1.78. The molecule has 1 unspecified atom stereocenters. The lowest BCUT2D eigenvalue weighted by atomic mass is 10.1. The Bertz CT molecular complexity index is 569. The predicted molar refractivity (Wildman–Crippen MR) is 81.3 cm³/mol.